The van der Waals surface area contributed by atoms with Crippen LogP contribution in [0.4, 0.5) is 19.0 Å². The van der Waals surface area contributed by atoms with Gasteiger partial charge in [0.25, 0.3) is 0 Å². The third-order valence-electron chi connectivity index (χ3n) is 2.11. The van der Waals surface area contributed by atoms with Gasteiger partial charge in [-0.25, -0.2) is 9.78 Å². The minimum Gasteiger partial charge on any atom is -0.478 e. The van der Waals surface area contributed by atoms with Crippen LogP contribution in [0.15, 0.2) is 12.3 Å². The number of hydrogen-bond acceptors (Lipinski definition) is 4. The maximum absolute atomic E-state index is 12.4. The molecule has 19 heavy (non-hydrogen) atoms. The van der Waals surface area contributed by atoms with Crippen molar-refractivity contribution in [3.8, 4) is 0 Å². The molecule has 0 saturated carbocycles. The number of pyridine rings is 1. The van der Waals surface area contributed by atoms with Gasteiger partial charge in [-0.2, -0.15) is 13.2 Å². The summed E-state index contributed by atoms with van der Waals surface area (Å²) in [6.45, 7) is -2.18. The molecule has 106 valence electrons. The van der Waals surface area contributed by atoms with Crippen molar-refractivity contribution in [3.05, 3.63) is 22.8 Å². The number of aliphatic hydroxyl groups excluding tert-OH is 1. The Morgan fingerprint density at radius 1 is 1.47 bits per heavy atom. The number of halogens is 4. The van der Waals surface area contributed by atoms with Crippen LogP contribution in [-0.2, 0) is 0 Å². The summed E-state index contributed by atoms with van der Waals surface area (Å²) in [6, 6.07) is 1.01. The standard InChI is InChI=1S/C10H10ClF3N2O3/c11-7-3-6(9(18)19)4-15-8(7)16(1-2-17)5-10(12,13)14/h3-4,17H,1-2,5H2,(H,18,19). The number of rotatable bonds is 5. The molecule has 0 aliphatic carbocycles. The van der Waals surface area contributed by atoms with Gasteiger partial charge in [0.15, 0.2) is 0 Å². The van der Waals surface area contributed by atoms with Crippen LogP contribution in [0.25, 0.3) is 0 Å². The lowest BCUT2D eigenvalue weighted by Crippen LogP contribution is -2.37. The van der Waals surface area contributed by atoms with E-state index < -0.39 is 25.3 Å². The van der Waals surface area contributed by atoms with Crippen molar-refractivity contribution >= 4 is 23.4 Å². The first-order valence-corrected chi connectivity index (χ1v) is 5.44. The lowest BCUT2D eigenvalue weighted by molar-refractivity contribution is -0.120. The summed E-state index contributed by atoms with van der Waals surface area (Å²) in [6.07, 6.45) is -3.59. The monoisotopic (exact) mass is 298 g/mol. The first kappa shape index (κ1) is 15.5. The maximum Gasteiger partial charge on any atom is 0.405 e. The molecule has 0 amide bonds. The van der Waals surface area contributed by atoms with Gasteiger partial charge in [-0.1, -0.05) is 11.6 Å². The summed E-state index contributed by atoms with van der Waals surface area (Å²) in [7, 11) is 0. The van der Waals surface area contributed by atoms with Gasteiger partial charge in [0.05, 0.1) is 17.2 Å². The van der Waals surface area contributed by atoms with Crippen LogP contribution in [0.1, 0.15) is 10.4 Å². The first-order valence-electron chi connectivity index (χ1n) is 5.06. The quantitative estimate of drug-likeness (QED) is 0.867. The normalized spacial score (nSPS) is 11.4. The number of carboxylic acid groups (broad SMARTS) is 1. The molecule has 1 aromatic heterocycles. The Bertz CT molecular complexity index is 468. The summed E-state index contributed by atoms with van der Waals surface area (Å²) in [5.41, 5.74) is -0.232. The minimum absolute atomic E-state index is 0.224. The van der Waals surface area contributed by atoms with E-state index in [9.17, 15) is 18.0 Å². The molecule has 0 bridgehead atoms. The second-order valence-electron chi connectivity index (χ2n) is 3.59. The van der Waals surface area contributed by atoms with Crippen molar-refractivity contribution in [2.45, 2.75) is 6.18 Å². The van der Waals surface area contributed by atoms with Gasteiger partial charge in [-0.15, -0.1) is 0 Å². The van der Waals surface area contributed by atoms with Crippen molar-refractivity contribution in [1.29, 1.82) is 0 Å². The van der Waals surface area contributed by atoms with Crippen molar-refractivity contribution < 1.29 is 28.2 Å². The minimum atomic E-state index is -4.49. The summed E-state index contributed by atoms with van der Waals surface area (Å²) in [5, 5.41) is 17.2. The van der Waals surface area contributed by atoms with Crippen LogP contribution in [0, 0.1) is 0 Å². The molecule has 0 spiro atoms. The van der Waals surface area contributed by atoms with E-state index >= 15 is 0 Å². The Balaban J connectivity index is 3.06. The fourth-order valence-corrected chi connectivity index (χ4v) is 1.66. The van der Waals surface area contributed by atoms with Crippen LogP contribution < -0.4 is 4.90 Å². The largest absolute Gasteiger partial charge is 0.478 e. The third-order valence-corrected chi connectivity index (χ3v) is 2.39. The zero-order valence-electron chi connectivity index (χ0n) is 9.48. The highest BCUT2D eigenvalue weighted by Crippen LogP contribution is 2.27. The van der Waals surface area contributed by atoms with Crippen LogP contribution >= 0.6 is 11.6 Å². The molecule has 0 aliphatic rings. The van der Waals surface area contributed by atoms with Crippen molar-refractivity contribution in [3.63, 3.8) is 0 Å². The van der Waals surface area contributed by atoms with Crippen LogP contribution in [0.3, 0.4) is 0 Å². The SMILES string of the molecule is O=C(O)c1cnc(N(CCO)CC(F)(F)F)c(Cl)c1. The fourth-order valence-electron chi connectivity index (χ4n) is 1.38. The highest BCUT2D eigenvalue weighted by atomic mass is 35.5. The van der Waals surface area contributed by atoms with E-state index in [2.05, 4.69) is 4.98 Å². The first-order chi connectivity index (χ1) is 8.74. The lowest BCUT2D eigenvalue weighted by atomic mass is 10.3. The highest BCUT2D eigenvalue weighted by molar-refractivity contribution is 6.33. The predicted octanol–water partition coefficient (Wildman–Crippen LogP) is 1.79. The number of nitrogens with zero attached hydrogens (tertiary/aromatic N) is 2. The number of anilines is 1. The van der Waals surface area contributed by atoms with Crippen molar-refractivity contribution in [1.82, 2.24) is 4.98 Å². The average molecular weight is 299 g/mol. The highest BCUT2D eigenvalue weighted by Gasteiger charge is 2.32. The second-order valence-corrected chi connectivity index (χ2v) is 4.00. The van der Waals surface area contributed by atoms with E-state index in [1.54, 1.807) is 0 Å². The smallest absolute Gasteiger partial charge is 0.405 e. The number of hydrogen-bond donors (Lipinski definition) is 2. The molecular formula is C10H10ClF3N2O3. The molecule has 1 aromatic rings. The van der Waals surface area contributed by atoms with E-state index in [4.69, 9.17) is 21.8 Å². The Kier molecular flexibility index (Phi) is 4.96. The Labute approximate surface area is 111 Å². The fraction of sp³-hybridized carbons (Fsp3) is 0.400. The average Bonchev–Trinajstić information content (AvgIpc) is 2.26. The van der Waals surface area contributed by atoms with Gasteiger partial charge in [0.1, 0.15) is 12.4 Å². The molecule has 0 saturated heterocycles. The number of aliphatic hydroxyl groups is 1. The number of aromatic carboxylic acids is 1. The van der Waals surface area contributed by atoms with Gasteiger partial charge >= 0.3 is 12.1 Å². The molecule has 5 nitrogen and oxygen atoms in total. The molecule has 9 heteroatoms. The summed E-state index contributed by atoms with van der Waals surface area (Å²) in [4.78, 5) is 15.0. The number of alkyl halides is 3. The Hall–Kier alpha value is -1.54. The maximum atomic E-state index is 12.4. The van der Waals surface area contributed by atoms with E-state index in [0.29, 0.717) is 0 Å². The van der Waals surface area contributed by atoms with Gasteiger partial charge in [-0.05, 0) is 6.07 Å². The van der Waals surface area contributed by atoms with Gasteiger partial charge in [0.2, 0.25) is 0 Å². The van der Waals surface area contributed by atoms with Gasteiger partial charge < -0.3 is 15.1 Å². The Morgan fingerprint density at radius 3 is 2.53 bits per heavy atom. The topological polar surface area (TPSA) is 73.7 Å². The van der Waals surface area contributed by atoms with E-state index in [0.717, 1.165) is 17.2 Å². The summed E-state index contributed by atoms with van der Waals surface area (Å²) < 4.78 is 37.1. The van der Waals surface area contributed by atoms with Crippen molar-refractivity contribution in [2.75, 3.05) is 24.6 Å². The molecule has 0 unspecified atom stereocenters. The van der Waals surface area contributed by atoms with Crippen molar-refractivity contribution in [2.24, 2.45) is 0 Å². The number of aromatic nitrogens is 1. The van der Waals surface area contributed by atoms with Gasteiger partial charge in [0, 0.05) is 12.7 Å². The third kappa shape index (κ3) is 4.56. The molecule has 0 aliphatic heterocycles. The van der Waals surface area contributed by atoms with Crippen LogP contribution in [0.5, 0.6) is 0 Å². The lowest BCUT2D eigenvalue weighted by Gasteiger charge is -2.24. The molecule has 0 atom stereocenters. The molecule has 0 aromatic carbocycles. The van der Waals surface area contributed by atoms with E-state index in [-0.39, 0.29) is 22.9 Å². The van der Waals surface area contributed by atoms with Gasteiger partial charge in [-0.3, -0.25) is 0 Å². The van der Waals surface area contributed by atoms with E-state index in [1.807, 2.05) is 0 Å². The molecular weight excluding hydrogens is 289 g/mol. The second kappa shape index (κ2) is 6.07. The summed E-state index contributed by atoms with van der Waals surface area (Å²) >= 11 is 5.72. The zero-order chi connectivity index (χ0) is 14.6. The van der Waals surface area contributed by atoms with Crippen LogP contribution in [0.2, 0.25) is 5.02 Å². The van der Waals surface area contributed by atoms with Crippen LogP contribution in [-0.4, -0.2) is 47.0 Å². The number of carbonyl (C=O) groups is 1. The number of carboxylic acids is 1. The Morgan fingerprint density at radius 2 is 2.11 bits per heavy atom. The summed E-state index contributed by atoms with van der Waals surface area (Å²) in [5.74, 6) is -1.51. The molecule has 0 radical (unpaired) electrons. The zero-order valence-corrected chi connectivity index (χ0v) is 10.2. The molecule has 0 fully saturated rings. The predicted molar refractivity (Wildman–Crippen MR) is 61.6 cm³/mol. The molecule has 1 rings (SSSR count). The molecule has 1 heterocycles. The molecule has 2 N–H and O–H groups in total. The van der Waals surface area contributed by atoms with E-state index in [1.165, 1.54) is 0 Å².